The first-order valence-electron chi connectivity index (χ1n) is 4.20. The maximum absolute atomic E-state index is 11.1. The molecule has 6 heteroatoms. The quantitative estimate of drug-likeness (QED) is 0.443. The molecular weight excluding hydrogens is 188 g/mol. The van der Waals surface area contributed by atoms with Crippen LogP contribution in [0.25, 0.3) is 0 Å². The number of carbonyl (C=O) groups is 2. The summed E-state index contributed by atoms with van der Waals surface area (Å²) in [6.45, 7) is 3.09. The van der Waals surface area contributed by atoms with Gasteiger partial charge in [-0.2, -0.15) is 0 Å². The Bertz CT molecular complexity index is 222. The summed E-state index contributed by atoms with van der Waals surface area (Å²) in [6, 6.07) is -1.07. The lowest BCUT2D eigenvalue weighted by atomic mass is 10.1. The second-order valence-electron chi connectivity index (χ2n) is 3.73. The Hall–Kier alpha value is -1.14. The fourth-order valence-corrected chi connectivity index (χ4v) is 0.715. The Morgan fingerprint density at radius 2 is 2.00 bits per heavy atom. The summed E-state index contributed by atoms with van der Waals surface area (Å²) in [6.07, 6.45) is -0.419. The molecule has 0 fully saturated rings. The summed E-state index contributed by atoms with van der Waals surface area (Å²) >= 11 is 0. The van der Waals surface area contributed by atoms with Crippen LogP contribution in [0.3, 0.4) is 0 Å². The van der Waals surface area contributed by atoms with Crippen molar-refractivity contribution in [1.82, 2.24) is 5.32 Å². The van der Waals surface area contributed by atoms with Crippen LogP contribution < -0.4 is 11.1 Å². The SMILES string of the molecule is CC(C)(O)CNC(=O)C(N)CC(=O)O. The first kappa shape index (κ1) is 12.9. The number of nitrogens with one attached hydrogen (secondary N) is 1. The predicted molar refractivity (Wildman–Crippen MR) is 49.5 cm³/mol. The molecule has 82 valence electrons. The molecule has 0 spiro atoms. The number of nitrogens with two attached hydrogens (primary N) is 1. The van der Waals surface area contributed by atoms with Crippen LogP contribution in [0.5, 0.6) is 0 Å². The average Bonchev–Trinajstić information content (AvgIpc) is 1.97. The summed E-state index contributed by atoms with van der Waals surface area (Å²) < 4.78 is 0. The van der Waals surface area contributed by atoms with Gasteiger partial charge in [-0.05, 0) is 13.8 Å². The molecule has 0 aromatic heterocycles. The summed E-state index contributed by atoms with van der Waals surface area (Å²) in [5.41, 5.74) is 4.24. The molecule has 0 heterocycles. The van der Waals surface area contributed by atoms with E-state index in [1.807, 2.05) is 0 Å². The number of carbonyl (C=O) groups excluding carboxylic acids is 1. The lowest BCUT2D eigenvalue weighted by molar-refractivity contribution is -0.139. The van der Waals surface area contributed by atoms with Crippen molar-refractivity contribution in [2.45, 2.75) is 31.9 Å². The average molecular weight is 204 g/mol. The van der Waals surface area contributed by atoms with E-state index in [2.05, 4.69) is 5.32 Å². The van der Waals surface area contributed by atoms with Gasteiger partial charge in [-0.15, -0.1) is 0 Å². The summed E-state index contributed by atoms with van der Waals surface area (Å²) in [7, 11) is 0. The Balaban J connectivity index is 3.91. The Morgan fingerprint density at radius 3 is 2.36 bits per heavy atom. The maximum Gasteiger partial charge on any atom is 0.305 e. The van der Waals surface area contributed by atoms with E-state index in [1.54, 1.807) is 0 Å². The Labute approximate surface area is 82.1 Å². The summed E-state index contributed by atoms with van der Waals surface area (Å²) in [5.74, 6) is -1.70. The molecule has 0 aliphatic carbocycles. The predicted octanol–water partition coefficient (Wildman–Crippen LogP) is -1.32. The van der Waals surface area contributed by atoms with E-state index < -0.39 is 29.9 Å². The highest BCUT2D eigenvalue weighted by molar-refractivity contribution is 5.85. The number of aliphatic hydroxyl groups is 1. The van der Waals surface area contributed by atoms with Gasteiger partial charge in [-0.3, -0.25) is 9.59 Å². The zero-order chi connectivity index (χ0) is 11.4. The smallest absolute Gasteiger partial charge is 0.305 e. The molecule has 0 saturated heterocycles. The molecule has 1 unspecified atom stereocenters. The van der Waals surface area contributed by atoms with E-state index in [0.717, 1.165) is 0 Å². The first-order valence-corrected chi connectivity index (χ1v) is 4.20. The largest absolute Gasteiger partial charge is 0.481 e. The molecule has 0 rings (SSSR count). The van der Waals surface area contributed by atoms with Gasteiger partial charge in [-0.1, -0.05) is 0 Å². The fourth-order valence-electron chi connectivity index (χ4n) is 0.715. The van der Waals surface area contributed by atoms with E-state index in [1.165, 1.54) is 13.8 Å². The van der Waals surface area contributed by atoms with E-state index in [9.17, 15) is 14.7 Å². The van der Waals surface area contributed by atoms with Gasteiger partial charge < -0.3 is 21.3 Å². The van der Waals surface area contributed by atoms with Gasteiger partial charge in [0.1, 0.15) is 0 Å². The van der Waals surface area contributed by atoms with Crippen molar-refractivity contribution in [3.05, 3.63) is 0 Å². The van der Waals surface area contributed by atoms with Crippen LogP contribution in [0.1, 0.15) is 20.3 Å². The molecule has 6 nitrogen and oxygen atoms in total. The maximum atomic E-state index is 11.1. The van der Waals surface area contributed by atoms with Gasteiger partial charge in [0.25, 0.3) is 0 Å². The van der Waals surface area contributed by atoms with Gasteiger partial charge in [-0.25, -0.2) is 0 Å². The third-order valence-electron chi connectivity index (χ3n) is 1.43. The topological polar surface area (TPSA) is 113 Å². The van der Waals surface area contributed by atoms with Gasteiger partial charge >= 0.3 is 5.97 Å². The van der Waals surface area contributed by atoms with Crippen LogP contribution in [0, 0.1) is 0 Å². The highest BCUT2D eigenvalue weighted by Gasteiger charge is 2.19. The van der Waals surface area contributed by atoms with Gasteiger partial charge in [0.2, 0.25) is 5.91 Å². The zero-order valence-corrected chi connectivity index (χ0v) is 8.28. The molecule has 5 N–H and O–H groups in total. The standard InChI is InChI=1S/C8H16N2O4/c1-8(2,14)4-10-7(13)5(9)3-6(11)12/h5,14H,3-4,9H2,1-2H3,(H,10,13)(H,11,12). The highest BCUT2D eigenvalue weighted by atomic mass is 16.4. The molecule has 0 aromatic carbocycles. The van der Waals surface area contributed by atoms with E-state index in [-0.39, 0.29) is 6.54 Å². The van der Waals surface area contributed by atoms with Crippen LogP contribution >= 0.6 is 0 Å². The lowest BCUT2D eigenvalue weighted by Crippen LogP contribution is -2.46. The van der Waals surface area contributed by atoms with Crippen molar-refractivity contribution in [3.63, 3.8) is 0 Å². The zero-order valence-electron chi connectivity index (χ0n) is 8.28. The number of aliphatic carboxylic acids is 1. The molecular formula is C8H16N2O4. The summed E-state index contributed by atoms with van der Waals surface area (Å²) in [5, 5.41) is 20.0. The first-order chi connectivity index (χ1) is 6.22. The number of carboxylic acid groups (broad SMARTS) is 1. The van der Waals surface area contributed by atoms with Crippen molar-refractivity contribution in [2.24, 2.45) is 5.73 Å². The number of carboxylic acids is 1. The monoisotopic (exact) mass is 204 g/mol. The van der Waals surface area contributed by atoms with Crippen molar-refractivity contribution < 1.29 is 19.8 Å². The van der Waals surface area contributed by atoms with Gasteiger partial charge in [0.15, 0.2) is 0 Å². The number of hydrogen-bond acceptors (Lipinski definition) is 4. The minimum absolute atomic E-state index is 0.0408. The van der Waals surface area contributed by atoms with Crippen LogP contribution in [-0.4, -0.2) is 40.3 Å². The minimum Gasteiger partial charge on any atom is -0.481 e. The lowest BCUT2D eigenvalue weighted by Gasteiger charge is -2.19. The van der Waals surface area contributed by atoms with E-state index in [4.69, 9.17) is 10.8 Å². The fraction of sp³-hybridized carbons (Fsp3) is 0.750. The molecule has 0 aromatic rings. The van der Waals surface area contributed by atoms with Crippen LogP contribution in [-0.2, 0) is 9.59 Å². The van der Waals surface area contributed by atoms with E-state index >= 15 is 0 Å². The van der Waals surface area contributed by atoms with E-state index in [0.29, 0.717) is 0 Å². The molecule has 0 aliphatic rings. The molecule has 0 radical (unpaired) electrons. The normalized spacial score (nSPS) is 13.4. The molecule has 14 heavy (non-hydrogen) atoms. The third kappa shape index (κ3) is 6.38. The molecule has 0 aliphatic heterocycles. The van der Waals surface area contributed by atoms with Crippen LogP contribution in [0.4, 0.5) is 0 Å². The van der Waals surface area contributed by atoms with Gasteiger partial charge in [0, 0.05) is 6.54 Å². The molecule has 0 bridgehead atoms. The third-order valence-corrected chi connectivity index (χ3v) is 1.43. The van der Waals surface area contributed by atoms with Crippen LogP contribution in [0.2, 0.25) is 0 Å². The minimum atomic E-state index is -1.13. The molecule has 1 amide bonds. The van der Waals surface area contributed by atoms with Crippen molar-refractivity contribution in [2.75, 3.05) is 6.54 Å². The van der Waals surface area contributed by atoms with Crippen molar-refractivity contribution in [1.29, 1.82) is 0 Å². The van der Waals surface area contributed by atoms with Crippen LogP contribution in [0.15, 0.2) is 0 Å². The molecule has 1 atom stereocenters. The van der Waals surface area contributed by atoms with Crippen molar-refractivity contribution in [3.8, 4) is 0 Å². The number of hydrogen-bond donors (Lipinski definition) is 4. The van der Waals surface area contributed by atoms with Crippen molar-refractivity contribution >= 4 is 11.9 Å². The Morgan fingerprint density at radius 1 is 1.50 bits per heavy atom. The van der Waals surface area contributed by atoms with Gasteiger partial charge in [0.05, 0.1) is 18.1 Å². The number of rotatable bonds is 5. The summed E-state index contributed by atoms with van der Waals surface area (Å²) in [4.78, 5) is 21.3. The molecule has 0 saturated carbocycles. The second kappa shape index (κ2) is 4.92. The highest BCUT2D eigenvalue weighted by Crippen LogP contribution is 1.97. The number of amides is 1. The second-order valence-corrected chi connectivity index (χ2v) is 3.73. The Kier molecular flexibility index (Phi) is 4.52.